The van der Waals surface area contributed by atoms with E-state index in [4.69, 9.17) is 5.73 Å². The zero-order valence-corrected chi connectivity index (χ0v) is 9.21. The highest BCUT2D eigenvalue weighted by molar-refractivity contribution is 7.18. The van der Waals surface area contributed by atoms with Crippen molar-refractivity contribution in [3.05, 3.63) is 35.1 Å². The van der Waals surface area contributed by atoms with Crippen molar-refractivity contribution >= 4 is 9.24 Å². The zero-order valence-electron chi connectivity index (χ0n) is 8.06. The Labute approximate surface area is 84.9 Å². The lowest BCUT2D eigenvalue weighted by molar-refractivity contribution is 0.293. The molecule has 2 atom stereocenters. The van der Waals surface area contributed by atoms with E-state index in [9.17, 15) is 8.78 Å². The number of hydrogen-bond acceptors (Lipinski definition) is 1. The average molecular weight is 217 g/mol. The van der Waals surface area contributed by atoms with Gasteiger partial charge >= 0.3 is 0 Å². The second kappa shape index (κ2) is 4.33. The van der Waals surface area contributed by atoms with Gasteiger partial charge in [-0.2, -0.15) is 0 Å². The van der Waals surface area contributed by atoms with Gasteiger partial charge in [-0.1, -0.05) is 34.4 Å². The van der Waals surface area contributed by atoms with Crippen LogP contribution in [0.25, 0.3) is 0 Å². The summed E-state index contributed by atoms with van der Waals surface area (Å²) >= 11 is 0. The van der Waals surface area contributed by atoms with Crippen LogP contribution in [-0.4, -0.2) is 6.54 Å². The first kappa shape index (κ1) is 11.5. The molecule has 1 aromatic carbocycles. The summed E-state index contributed by atoms with van der Waals surface area (Å²) in [7, 11) is 1.95. The molecule has 0 amide bonds. The van der Waals surface area contributed by atoms with Crippen LogP contribution in [0.1, 0.15) is 18.1 Å². The lowest BCUT2D eigenvalue weighted by Gasteiger charge is -2.20. The molecule has 0 fully saturated rings. The largest absolute Gasteiger partial charge is 0.327 e. The normalized spacial score (nSPS) is 15.2. The van der Waals surface area contributed by atoms with E-state index in [-0.39, 0.29) is 12.1 Å². The molecule has 2 N–H and O–H groups in total. The standard InChI is InChI=1S/C10H14F2NP/c1-2-7-4-3-5-8(9(7)11)10(12,14)6-13/h3-5H,2,6,13-14H2,1H3. The predicted molar refractivity (Wildman–Crippen MR) is 57.3 cm³/mol. The predicted octanol–water partition coefficient (Wildman–Crippen LogP) is 2.34. The molecule has 0 radical (unpaired) electrons. The smallest absolute Gasteiger partial charge is 0.163 e. The first-order valence-electron chi connectivity index (χ1n) is 4.48. The Kier molecular flexibility index (Phi) is 3.57. The Bertz CT molecular complexity index is 326. The lowest BCUT2D eigenvalue weighted by Crippen LogP contribution is -2.24. The second-order valence-electron chi connectivity index (χ2n) is 3.20. The van der Waals surface area contributed by atoms with Gasteiger partial charge in [0.2, 0.25) is 0 Å². The van der Waals surface area contributed by atoms with Gasteiger partial charge in [-0.15, -0.1) is 0 Å². The fourth-order valence-electron chi connectivity index (χ4n) is 1.28. The van der Waals surface area contributed by atoms with Crippen LogP contribution in [-0.2, 0) is 11.8 Å². The van der Waals surface area contributed by atoms with Crippen LogP contribution in [0.5, 0.6) is 0 Å². The molecule has 0 saturated carbocycles. The molecule has 0 saturated heterocycles. The van der Waals surface area contributed by atoms with Crippen LogP contribution < -0.4 is 5.73 Å². The molecule has 78 valence electrons. The van der Waals surface area contributed by atoms with Gasteiger partial charge in [-0.3, -0.25) is 0 Å². The van der Waals surface area contributed by atoms with Gasteiger partial charge in [0.05, 0.1) is 0 Å². The van der Waals surface area contributed by atoms with Gasteiger partial charge in [0.25, 0.3) is 0 Å². The number of benzene rings is 1. The zero-order chi connectivity index (χ0) is 10.8. The van der Waals surface area contributed by atoms with E-state index < -0.39 is 11.2 Å². The molecule has 1 nitrogen and oxygen atoms in total. The third kappa shape index (κ3) is 2.10. The van der Waals surface area contributed by atoms with Crippen molar-refractivity contribution in [2.45, 2.75) is 18.8 Å². The summed E-state index contributed by atoms with van der Waals surface area (Å²) in [6, 6.07) is 4.72. The monoisotopic (exact) mass is 217 g/mol. The van der Waals surface area contributed by atoms with Crippen LogP contribution >= 0.6 is 9.24 Å². The molecule has 4 heteroatoms. The number of rotatable bonds is 3. The molecule has 2 unspecified atom stereocenters. The Morgan fingerprint density at radius 2 is 2.14 bits per heavy atom. The Balaban J connectivity index is 3.22. The van der Waals surface area contributed by atoms with Crippen molar-refractivity contribution in [2.24, 2.45) is 5.73 Å². The minimum absolute atomic E-state index is 0.0179. The van der Waals surface area contributed by atoms with Gasteiger partial charge < -0.3 is 5.73 Å². The first-order chi connectivity index (χ1) is 6.53. The second-order valence-corrected chi connectivity index (χ2v) is 4.11. The molecule has 0 aliphatic heterocycles. The third-order valence-electron chi connectivity index (χ3n) is 2.20. The van der Waals surface area contributed by atoms with Crippen LogP contribution in [0.2, 0.25) is 0 Å². The van der Waals surface area contributed by atoms with Gasteiger partial charge in [0, 0.05) is 12.1 Å². The molecule has 14 heavy (non-hydrogen) atoms. The van der Waals surface area contributed by atoms with Crippen molar-refractivity contribution in [3.63, 3.8) is 0 Å². The number of halogens is 2. The molecular weight excluding hydrogens is 203 g/mol. The lowest BCUT2D eigenvalue weighted by atomic mass is 10.0. The van der Waals surface area contributed by atoms with Gasteiger partial charge in [-0.05, 0) is 12.0 Å². The molecular formula is C10H14F2NP. The highest BCUT2D eigenvalue weighted by Crippen LogP contribution is 2.34. The van der Waals surface area contributed by atoms with E-state index in [2.05, 4.69) is 0 Å². The average Bonchev–Trinajstić information content (AvgIpc) is 2.18. The maximum atomic E-state index is 13.7. The van der Waals surface area contributed by atoms with Crippen molar-refractivity contribution in [3.8, 4) is 0 Å². The van der Waals surface area contributed by atoms with E-state index >= 15 is 0 Å². The van der Waals surface area contributed by atoms with E-state index in [1.807, 2.05) is 16.2 Å². The van der Waals surface area contributed by atoms with E-state index in [1.165, 1.54) is 6.07 Å². The first-order valence-corrected chi connectivity index (χ1v) is 5.06. The summed E-state index contributed by atoms with van der Waals surface area (Å²) < 4.78 is 27.4. The molecule has 1 rings (SSSR count). The summed E-state index contributed by atoms with van der Waals surface area (Å²) in [5, 5.41) is -1.87. The number of aryl methyl sites for hydroxylation is 1. The third-order valence-corrected chi connectivity index (χ3v) is 2.75. The highest BCUT2D eigenvalue weighted by Gasteiger charge is 2.28. The molecule has 0 heterocycles. The molecule has 0 aromatic heterocycles. The fourth-order valence-corrected chi connectivity index (χ4v) is 1.51. The molecule has 0 aliphatic rings. The molecule has 1 aromatic rings. The van der Waals surface area contributed by atoms with E-state index in [0.717, 1.165) is 0 Å². The Morgan fingerprint density at radius 3 is 2.64 bits per heavy atom. The Morgan fingerprint density at radius 1 is 1.50 bits per heavy atom. The van der Waals surface area contributed by atoms with Gasteiger partial charge in [0.1, 0.15) is 5.82 Å². The fraction of sp³-hybridized carbons (Fsp3) is 0.400. The van der Waals surface area contributed by atoms with Crippen LogP contribution in [0, 0.1) is 5.82 Å². The van der Waals surface area contributed by atoms with Crippen molar-refractivity contribution in [1.29, 1.82) is 0 Å². The number of alkyl halides is 1. The van der Waals surface area contributed by atoms with E-state index in [0.29, 0.717) is 12.0 Å². The topological polar surface area (TPSA) is 26.0 Å². The number of hydrogen-bond donors (Lipinski definition) is 1. The Hall–Kier alpha value is -0.530. The van der Waals surface area contributed by atoms with Crippen LogP contribution in [0.3, 0.4) is 0 Å². The quantitative estimate of drug-likeness (QED) is 0.773. The number of nitrogens with two attached hydrogens (primary N) is 1. The van der Waals surface area contributed by atoms with Crippen LogP contribution in [0.4, 0.5) is 8.78 Å². The SMILES string of the molecule is CCc1cccc(C(F)(P)CN)c1F. The molecule has 0 spiro atoms. The maximum Gasteiger partial charge on any atom is 0.163 e. The molecule has 0 bridgehead atoms. The maximum absolute atomic E-state index is 13.7. The van der Waals surface area contributed by atoms with Gasteiger partial charge in [0.15, 0.2) is 5.41 Å². The minimum Gasteiger partial charge on any atom is -0.327 e. The summed E-state index contributed by atoms with van der Waals surface area (Å²) in [6.45, 7) is 1.58. The minimum atomic E-state index is -1.87. The van der Waals surface area contributed by atoms with Crippen molar-refractivity contribution in [2.75, 3.05) is 6.54 Å². The van der Waals surface area contributed by atoms with E-state index in [1.54, 1.807) is 12.1 Å². The summed E-state index contributed by atoms with van der Waals surface area (Å²) in [5.41, 5.74) is 5.77. The summed E-state index contributed by atoms with van der Waals surface area (Å²) in [5.74, 6) is -0.488. The highest BCUT2D eigenvalue weighted by atomic mass is 31.0. The summed E-state index contributed by atoms with van der Waals surface area (Å²) in [4.78, 5) is 0. The van der Waals surface area contributed by atoms with Crippen molar-refractivity contribution in [1.82, 2.24) is 0 Å². The summed E-state index contributed by atoms with van der Waals surface area (Å²) in [6.07, 6.45) is 0.547. The van der Waals surface area contributed by atoms with Crippen LogP contribution in [0.15, 0.2) is 18.2 Å². The van der Waals surface area contributed by atoms with Crippen molar-refractivity contribution < 1.29 is 8.78 Å². The molecule has 0 aliphatic carbocycles. The van der Waals surface area contributed by atoms with Gasteiger partial charge in [-0.25, -0.2) is 8.78 Å².